The van der Waals surface area contributed by atoms with Crippen molar-refractivity contribution in [3.8, 4) is 0 Å². The first-order chi connectivity index (χ1) is 10.2. The Bertz CT molecular complexity index is 683. The van der Waals surface area contributed by atoms with E-state index in [0.29, 0.717) is 32.7 Å². The van der Waals surface area contributed by atoms with Crippen LogP contribution in [0.3, 0.4) is 0 Å². The minimum atomic E-state index is -0.660. The fourth-order valence-electron chi connectivity index (χ4n) is 2.50. The Kier molecular flexibility index (Phi) is 2.88. The summed E-state index contributed by atoms with van der Waals surface area (Å²) >= 11 is 0. The zero-order valence-corrected chi connectivity index (χ0v) is 11.3. The maximum absolute atomic E-state index is 12.5. The van der Waals surface area contributed by atoms with E-state index in [2.05, 4.69) is 0 Å². The van der Waals surface area contributed by atoms with Crippen molar-refractivity contribution in [2.75, 3.05) is 19.8 Å². The standard InChI is InChI=1S/C12H15N3O6/c16-10-13(5-7-6-21-7)11(17)15(9-2-4-20-9)12(18)14(10)8-1-3-19-8/h7-9H,1-6H2/t7-,8?,9?/m1/s1. The first-order valence-corrected chi connectivity index (χ1v) is 6.99. The summed E-state index contributed by atoms with van der Waals surface area (Å²) in [5.74, 6) is 0. The highest BCUT2D eigenvalue weighted by Crippen LogP contribution is 2.22. The number of nitrogens with zero attached hydrogens (tertiary/aromatic N) is 3. The zero-order chi connectivity index (χ0) is 14.6. The van der Waals surface area contributed by atoms with Crippen LogP contribution in [0.4, 0.5) is 0 Å². The molecule has 3 aliphatic rings. The van der Waals surface area contributed by atoms with E-state index in [4.69, 9.17) is 14.2 Å². The van der Waals surface area contributed by atoms with Crippen LogP contribution in [0, 0.1) is 0 Å². The van der Waals surface area contributed by atoms with Crippen LogP contribution in [0.5, 0.6) is 0 Å². The van der Waals surface area contributed by atoms with Crippen molar-refractivity contribution in [2.24, 2.45) is 0 Å². The van der Waals surface area contributed by atoms with Gasteiger partial charge in [0.1, 0.15) is 12.5 Å². The highest BCUT2D eigenvalue weighted by molar-refractivity contribution is 4.87. The molecule has 4 heterocycles. The third-order valence-corrected chi connectivity index (χ3v) is 4.00. The summed E-state index contributed by atoms with van der Waals surface area (Å²) in [5.41, 5.74) is -1.94. The molecule has 0 aromatic carbocycles. The van der Waals surface area contributed by atoms with Gasteiger partial charge < -0.3 is 14.2 Å². The van der Waals surface area contributed by atoms with Gasteiger partial charge in [-0.3, -0.25) is 0 Å². The largest absolute Gasteiger partial charge is 0.371 e. The van der Waals surface area contributed by atoms with Crippen LogP contribution in [0.15, 0.2) is 14.4 Å². The third kappa shape index (κ3) is 2.00. The molecule has 2 unspecified atom stereocenters. The van der Waals surface area contributed by atoms with Gasteiger partial charge in [-0.25, -0.2) is 28.1 Å². The van der Waals surface area contributed by atoms with Crippen LogP contribution in [0.2, 0.25) is 0 Å². The lowest BCUT2D eigenvalue weighted by molar-refractivity contribution is -0.121. The van der Waals surface area contributed by atoms with E-state index >= 15 is 0 Å². The Labute approximate surface area is 118 Å². The van der Waals surface area contributed by atoms with E-state index in [9.17, 15) is 14.4 Å². The van der Waals surface area contributed by atoms with Crippen LogP contribution in [0.1, 0.15) is 25.3 Å². The predicted molar refractivity (Wildman–Crippen MR) is 68.2 cm³/mol. The fourth-order valence-corrected chi connectivity index (χ4v) is 2.50. The van der Waals surface area contributed by atoms with Crippen LogP contribution in [-0.4, -0.2) is 39.6 Å². The van der Waals surface area contributed by atoms with Gasteiger partial charge in [-0.1, -0.05) is 0 Å². The molecule has 3 fully saturated rings. The molecule has 0 spiro atoms. The molecule has 9 heteroatoms. The monoisotopic (exact) mass is 297 g/mol. The Hall–Kier alpha value is -1.71. The van der Waals surface area contributed by atoms with Crippen LogP contribution in [-0.2, 0) is 20.8 Å². The van der Waals surface area contributed by atoms with E-state index < -0.39 is 29.5 Å². The molecule has 0 N–H and O–H groups in total. The first-order valence-electron chi connectivity index (χ1n) is 6.99. The third-order valence-electron chi connectivity index (χ3n) is 4.00. The van der Waals surface area contributed by atoms with Crippen molar-refractivity contribution < 1.29 is 14.2 Å². The molecule has 0 amide bonds. The van der Waals surface area contributed by atoms with Gasteiger partial charge in [0.15, 0.2) is 0 Å². The quantitative estimate of drug-likeness (QED) is 0.621. The summed E-state index contributed by atoms with van der Waals surface area (Å²) in [6, 6.07) is 0. The predicted octanol–water partition coefficient (Wildman–Crippen LogP) is -1.59. The molecule has 1 aromatic rings. The Morgan fingerprint density at radius 1 is 0.857 bits per heavy atom. The fraction of sp³-hybridized carbons (Fsp3) is 0.750. The lowest BCUT2D eigenvalue weighted by Gasteiger charge is -2.31. The number of epoxide rings is 1. The van der Waals surface area contributed by atoms with Gasteiger partial charge in [0.25, 0.3) is 0 Å². The second kappa shape index (κ2) is 4.65. The van der Waals surface area contributed by atoms with Gasteiger partial charge in [-0.2, -0.15) is 0 Å². The van der Waals surface area contributed by atoms with E-state index in [1.54, 1.807) is 0 Å². The second-order valence-electron chi connectivity index (χ2n) is 5.38. The van der Waals surface area contributed by atoms with Gasteiger partial charge >= 0.3 is 17.1 Å². The highest BCUT2D eigenvalue weighted by atomic mass is 16.6. The molecule has 0 aliphatic carbocycles. The van der Waals surface area contributed by atoms with Crippen molar-refractivity contribution in [3.63, 3.8) is 0 Å². The molecule has 1 aromatic heterocycles. The summed E-state index contributed by atoms with van der Waals surface area (Å²) in [7, 11) is 0. The minimum absolute atomic E-state index is 0.139. The van der Waals surface area contributed by atoms with Crippen molar-refractivity contribution in [3.05, 3.63) is 31.5 Å². The highest BCUT2D eigenvalue weighted by Gasteiger charge is 2.33. The maximum atomic E-state index is 12.5. The number of aromatic nitrogens is 3. The number of rotatable bonds is 4. The van der Waals surface area contributed by atoms with Crippen molar-refractivity contribution in [1.82, 2.24) is 13.7 Å². The van der Waals surface area contributed by atoms with Gasteiger partial charge in [-0.15, -0.1) is 0 Å². The average molecular weight is 297 g/mol. The van der Waals surface area contributed by atoms with Crippen LogP contribution >= 0.6 is 0 Å². The molecule has 3 saturated heterocycles. The molecule has 4 rings (SSSR count). The smallest absolute Gasteiger partial charge is 0.340 e. The summed E-state index contributed by atoms with van der Waals surface area (Å²) in [6.07, 6.45) is -0.163. The van der Waals surface area contributed by atoms with E-state index in [0.717, 1.165) is 13.7 Å². The molecular weight excluding hydrogens is 282 g/mol. The topological polar surface area (TPSA) is 97.0 Å². The Balaban J connectivity index is 1.90. The number of hydrogen-bond donors (Lipinski definition) is 0. The number of hydrogen-bond acceptors (Lipinski definition) is 6. The summed E-state index contributed by atoms with van der Waals surface area (Å²) in [5, 5.41) is 0. The van der Waals surface area contributed by atoms with Gasteiger partial charge in [-0.05, 0) is 0 Å². The van der Waals surface area contributed by atoms with E-state index in [-0.39, 0.29) is 12.6 Å². The van der Waals surface area contributed by atoms with Crippen molar-refractivity contribution in [2.45, 2.75) is 37.9 Å². The van der Waals surface area contributed by atoms with Gasteiger partial charge in [0, 0.05) is 12.8 Å². The number of ether oxygens (including phenoxy) is 3. The Morgan fingerprint density at radius 2 is 1.33 bits per heavy atom. The van der Waals surface area contributed by atoms with Gasteiger partial charge in [0.05, 0.1) is 32.5 Å². The molecule has 114 valence electrons. The van der Waals surface area contributed by atoms with Crippen molar-refractivity contribution in [1.29, 1.82) is 0 Å². The minimum Gasteiger partial charge on any atom is -0.371 e. The SMILES string of the molecule is O=c1n(C[C@@H]2CO2)c(=O)n(C2CCO2)c(=O)n1C1CCO1. The Morgan fingerprint density at radius 3 is 1.67 bits per heavy atom. The summed E-state index contributed by atoms with van der Waals surface area (Å²) in [4.78, 5) is 37.3. The lowest BCUT2D eigenvalue weighted by atomic mass is 10.3. The van der Waals surface area contributed by atoms with E-state index in [1.807, 2.05) is 0 Å². The molecule has 21 heavy (non-hydrogen) atoms. The van der Waals surface area contributed by atoms with E-state index in [1.165, 1.54) is 0 Å². The molecule has 3 aliphatic heterocycles. The molecule has 0 bridgehead atoms. The zero-order valence-electron chi connectivity index (χ0n) is 11.3. The normalized spacial score (nSPS) is 30.6. The first kappa shape index (κ1) is 13.0. The summed E-state index contributed by atoms with van der Waals surface area (Å²) < 4.78 is 18.6. The molecule has 3 atom stereocenters. The molecule has 9 nitrogen and oxygen atoms in total. The lowest BCUT2D eigenvalue weighted by Crippen LogP contribution is -2.59. The second-order valence-corrected chi connectivity index (χ2v) is 5.38. The molecular formula is C12H15N3O6. The molecule has 0 radical (unpaired) electrons. The molecule has 0 saturated carbocycles. The van der Waals surface area contributed by atoms with Gasteiger partial charge in [0.2, 0.25) is 0 Å². The van der Waals surface area contributed by atoms with Crippen LogP contribution in [0.25, 0.3) is 0 Å². The van der Waals surface area contributed by atoms with Crippen LogP contribution < -0.4 is 17.1 Å². The average Bonchev–Trinajstić information content (AvgIpc) is 3.14. The summed E-state index contributed by atoms with van der Waals surface area (Å²) in [6.45, 7) is 1.67. The maximum Gasteiger partial charge on any atom is 0.340 e. The van der Waals surface area contributed by atoms with Crippen molar-refractivity contribution >= 4 is 0 Å².